The van der Waals surface area contributed by atoms with Gasteiger partial charge in [0.15, 0.2) is 0 Å². The summed E-state index contributed by atoms with van der Waals surface area (Å²) in [5.41, 5.74) is 2.54. The summed E-state index contributed by atoms with van der Waals surface area (Å²) < 4.78 is 44.3. The second-order valence-electron chi connectivity index (χ2n) is 8.16. The Balaban J connectivity index is 1.73. The second-order valence-corrected chi connectivity index (χ2v) is 10.7. The molecule has 6 nitrogen and oxygen atoms in total. The highest BCUT2D eigenvalue weighted by molar-refractivity contribution is 9.10. The monoisotopic (exact) mass is 502 g/mol. The number of aromatic nitrogens is 3. The van der Waals surface area contributed by atoms with Crippen molar-refractivity contribution in [3.63, 3.8) is 0 Å². The number of halogens is 2. The molecule has 160 valence electrons. The van der Waals surface area contributed by atoms with Crippen LogP contribution in [0.25, 0.3) is 16.8 Å². The van der Waals surface area contributed by atoms with Crippen LogP contribution in [0, 0.1) is 5.82 Å². The molecular weight excluding hydrogens is 483 g/mol. The van der Waals surface area contributed by atoms with Gasteiger partial charge in [0.1, 0.15) is 11.6 Å². The zero-order chi connectivity index (χ0) is 22.4. The minimum atomic E-state index is -3.84. The van der Waals surface area contributed by atoms with Gasteiger partial charge in [-0.3, -0.25) is 9.71 Å². The van der Waals surface area contributed by atoms with Crippen molar-refractivity contribution in [2.24, 2.45) is 0 Å². The molecule has 1 aromatic carbocycles. The Morgan fingerprint density at radius 2 is 1.74 bits per heavy atom. The van der Waals surface area contributed by atoms with E-state index in [1.165, 1.54) is 16.8 Å². The molecular formula is C22H20BrFN4O2S. The normalized spacial score (nSPS) is 12.3. The molecule has 3 aromatic heterocycles. The van der Waals surface area contributed by atoms with Gasteiger partial charge in [0, 0.05) is 16.2 Å². The number of benzene rings is 1. The average molecular weight is 503 g/mol. The Morgan fingerprint density at radius 1 is 1.03 bits per heavy atom. The molecule has 0 aliphatic rings. The van der Waals surface area contributed by atoms with Crippen molar-refractivity contribution in [2.45, 2.75) is 31.1 Å². The number of nitrogens with zero attached hydrogens (tertiary/aromatic N) is 3. The molecule has 1 N–H and O–H groups in total. The first-order chi connectivity index (χ1) is 14.5. The summed E-state index contributed by atoms with van der Waals surface area (Å²) in [7, 11) is -3.84. The standard InChI is InChI=1S/C22H20BrFN4O2S/c1-22(2,3)15-4-6-17(7-5-15)31(29,30)27-21-9-8-18(23)20-11-19(26-28(20)21)14-10-16(24)13-25-12-14/h4-13,27H,1-3H3. The van der Waals surface area contributed by atoms with Gasteiger partial charge in [0.2, 0.25) is 0 Å². The molecule has 0 saturated carbocycles. The Hall–Kier alpha value is -2.78. The van der Waals surface area contributed by atoms with Crippen LogP contribution in [0.4, 0.5) is 10.2 Å². The Bertz CT molecular complexity index is 1380. The summed E-state index contributed by atoms with van der Waals surface area (Å²) in [6.07, 6.45) is 2.61. The predicted molar refractivity (Wildman–Crippen MR) is 122 cm³/mol. The van der Waals surface area contributed by atoms with E-state index in [9.17, 15) is 12.8 Å². The zero-order valence-corrected chi connectivity index (χ0v) is 19.5. The molecule has 0 aliphatic heterocycles. The fourth-order valence-corrected chi connectivity index (χ4v) is 4.60. The van der Waals surface area contributed by atoms with Crippen LogP contribution in [-0.4, -0.2) is 23.0 Å². The van der Waals surface area contributed by atoms with Crippen LogP contribution in [0.3, 0.4) is 0 Å². The van der Waals surface area contributed by atoms with E-state index in [0.717, 1.165) is 11.8 Å². The number of fused-ring (bicyclic) bond motifs is 1. The highest BCUT2D eigenvalue weighted by Gasteiger charge is 2.20. The Morgan fingerprint density at radius 3 is 2.39 bits per heavy atom. The number of nitrogens with one attached hydrogen (secondary N) is 1. The van der Waals surface area contributed by atoms with E-state index < -0.39 is 15.8 Å². The van der Waals surface area contributed by atoms with Gasteiger partial charge in [0.05, 0.1) is 22.3 Å². The van der Waals surface area contributed by atoms with Crippen LogP contribution >= 0.6 is 15.9 Å². The maximum absolute atomic E-state index is 13.6. The van der Waals surface area contributed by atoms with Gasteiger partial charge < -0.3 is 0 Å². The lowest BCUT2D eigenvalue weighted by atomic mass is 9.87. The smallest absolute Gasteiger partial charge is 0.263 e. The van der Waals surface area contributed by atoms with E-state index in [2.05, 4.69) is 51.5 Å². The highest BCUT2D eigenvalue weighted by atomic mass is 79.9. The maximum Gasteiger partial charge on any atom is 0.263 e. The quantitative estimate of drug-likeness (QED) is 0.405. The molecule has 3 heterocycles. The number of hydrogen-bond donors (Lipinski definition) is 1. The van der Waals surface area contributed by atoms with Crippen LogP contribution in [-0.2, 0) is 15.4 Å². The summed E-state index contributed by atoms with van der Waals surface area (Å²) in [6.45, 7) is 6.20. The van der Waals surface area contributed by atoms with Crippen LogP contribution in [0.2, 0.25) is 0 Å². The third-order valence-corrected chi connectivity index (χ3v) is 6.88. The molecule has 0 bridgehead atoms. The van der Waals surface area contributed by atoms with Gasteiger partial charge in [-0.15, -0.1) is 0 Å². The van der Waals surface area contributed by atoms with E-state index in [1.807, 2.05) is 12.1 Å². The maximum atomic E-state index is 13.6. The van der Waals surface area contributed by atoms with E-state index in [-0.39, 0.29) is 16.1 Å². The van der Waals surface area contributed by atoms with Crippen molar-refractivity contribution < 1.29 is 12.8 Å². The van der Waals surface area contributed by atoms with Crippen molar-refractivity contribution in [1.29, 1.82) is 0 Å². The SMILES string of the molecule is CC(C)(C)c1ccc(S(=O)(=O)Nc2ccc(Br)c3cc(-c4cncc(F)c4)nn23)cc1. The topological polar surface area (TPSA) is 76.4 Å². The molecule has 0 spiro atoms. The lowest BCUT2D eigenvalue weighted by Gasteiger charge is -2.19. The van der Waals surface area contributed by atoms with Gasteiger partial charge in [-0.05, 0) is 63.3 Å². The van der Waals surface area contributed by atoms with Gasteiger partial charge in [0.25, 0.3) is 10.0 Å². The molecule has 0 saturated heterocycles. The third kappa shape index (κ3) is 4.33. The van der Waals surface area contributed by atoms with Crippen LogP contribution in [0.15, 0.2) is 70.3 Å². The fraction of sp³-hybridized carbons (Fsp3) is 0.182. The average Bonchev–Trinajstić information content (AvgIpc) is 3.16. The van der Waals surface area contributed by atoms with Crippen molar-refractivity contribution >= 4 is 37.3 Å². The van der Waals surface area contributed by atoms with Crippen LogP contribution < -0.4 is 4.72 Å². The van der Waals surface area contributed by atoms with E-state index in [4.69, 9.17) is 0 Å². The number of anilines is 1. The van der Waals surface area contributed by atoms with Crippen LogP contribution in [0.1, 0.15) is 26.3 Å². The number of sulfonamides is 1. The molecule has 4 rings (SSSR count). The minimum Gasteiger partial charge on any atom is -0.263 e. The molecule has 4 aromatic rings. The molecule has 31 heavy (non-hydrogen) atoms. The molecule has 0 aliphatic carbocycles. The number of rotatable bonds is 4. The molecule has 0 radical (unpaired) electrons. The lowest BCUT2D eigenvalue weighted by molar-refractivity contribution is 0.587. The Kier molecular flexibility index (Phi) is 5.35. The van der Waals surface area contributed by atoms with Gasteiger partial charge >= 0.3 is 0 Å². The first-order valence-electron chi connectivity index (χ1n) is 9.47. The highest BCUT2D eigenvalue weighted by Crippen LogP contribution is 2.29. The fourth-order valence-electron chi connectivity index (χ4n) is 3.14. The first-order valence-corrected chi connectivity index (χ1v) is 11.7. The van der Waals surface area contributed by atoms with E-state index in [1.54, 1.807) is 30.3 Å². The number of hydrogen-bond acceptors (Lipinski definition) is 4. The zero-order valence-electron chi connectivity index (χ0n) is 17.1. The summed E-state index contributed by atoms with van der Waals surface area (Å²) in [6, 6.07) is 13.2. The largest absolute Gasteiger partial charge is 0.263 e. The second kappa shape index (κ2) is 7.72. The molecule has 0 unspecified atom stereocenters. The van der Waals surface area contributed by atoms with Crippen molar-refractivity contribution in [1.82, 2.24) is 14.6 Å². The molecule has 0 fully saturated rings. The van der Waals surface area contributed by atoms with Gasteiger partial charge in [-0.2, -0.15) is 5.10 Å². The summed E-state index contributed by atoms with van der Waals surface area (Å²) in [5, 5.41) is 4.46. The van der Waals surface area contributed by atoms with Gasteiger partial charge in [-0.1, -0.05) is 32.9 Å². The summed E-state index contributed by atoms with van der Waals surface area (Å²) in [4.78, 5) is 4.00. The first kappa shape index (κ1) is 21.5. The molecule has 0 amide bonds. The third-order valence-electron chi connectivity index (χ3n) is 4.84. The molecule has 9 heteroatoms. The van der Waals surface area contributed by atoms with Crippen molar-refractivity contribution in [3.8, 4) is 11.3 Å². The van der Waals surface area contributed by atoms with E-state index >= 15 is 0 Å². The van der Waals surface area contributed by atoms with Crippen molar-refractivity contribution in [2.75, 3.05) is 4.72 Å². The van der Waals surface area contributed by atoms with E-state index in [0.29, 0.717) is 21.2 Å². The molecule has 0 atom stereocenters. The van der Waals surface area contributed by atoms with Crippen molar-refractivity contribution in [3.05, 3.63) is 76.8 Å². The predicted octanol–water partition coefficient (Wildman–Crippen LogP) is 5.40. The Labute approximate surface area is 188 Å². The lowest BCUT2D eigenvalue weighted by Crippen LogP contribution is -2.16. The minimum absolute atomic E-state index is 0.0785. The number of pyridine rings is 2. The van der Waals surface area contributed by atoms with Crippen LogP contribution in [0.5, 0.6) is 0 Å². The summed E-state index contributed by atoms with van der Waals surface area (Å²) >= 11 is 3.45. The van der Waals surface area contributed by atoms with Gasteiger partial charge in [-0.25, -0.2) is 17.3 Å². The summed E-state index contributed by atoms with van der Waals surface area (Å²) in [5.74, 6) is -0.220.